The lowest BCUT2D eigenvalue weighted by Gasteiger charge is -2.14. The van der Waals surface area contributed by atoms with E-state index in [0.717, 1.165) is 18.5 Å². The predicted molar refractivity (Wildman–Crippen MR) is 93.6 cm³/mol. The first-order chi connectivity index (χ1) is 11.2. The second-order valence-electron chi connectivity index (χ2n) is 5.20. The molecule has 0 unspecified atom stereocenters. The number of nitrogens with two attached hydrogens (primary N) is 1. The Kier molecular flexibility index (Phi) is 8.72. The summed E-state index contributed by atoms with van der Waals surface area (Å²) in [6, 6.07) is 3.61. The van der Waals surface area contributed by atoms with E-state index in [1.165, 1.54) is 19.3 Å². The Balaban J connectivity index is 2.69. The van der Waals surface area contributed by atoms with Gasteiger partial charge in [0.2, 0.25) is 0 Å². The number of hydrogen-bond acceptors (Lipinski definition) is 4. The highest BCUT2D eigenvalue weighted by Gasteiger charge is 2.12. The molecule has 6 heteroatoms. The van der Waals surface area contributed by atoms with Crippen molar-refractivity contribution in [2.45, 2.75) is 39.2 Å². The number of rotatable bonds is 10. The summed E-state index contributed by atoms with van der Waals surface area (Å²) < 4.78 is 16.0. The lowest BCUT2D eigenvalue weighted by atomic mass is 10.1. The quantitative estimate of drug-likeness (QED) is 0.393. The molecule has 0 aliphatic heterocycles. The highest BCUT2D eigenvalue weighted by molar-refractivity contribution is 5.77. The van der Waals surface area contributed by atoms with Gasteiger partial charge in [0.05, 0.1) is 33.4 Å². The first-order valence-corrected chi connectivity index (χ1v) is 7.98. The maximum absolute atomic E-state index is 5.91. The summed E-state index contributed by atoms with van der Waals surface area (Å²) in [4.78, 5) is 4.37. The molecule has 6 nitrogen and oxygen atoms in total. The van der Waals surface area contributed by atoms with Gasteiger partial charge < -0.3 is 25.3 Å². The number of guanidine groups is 1. The van der Waals surface area contributed by atoms with E-state index in [2.05, 4.69) is 17.2 Å². The molecule has 0 bridgehead atoms. The van der Waals surface area contributed by atoms with Crippen LogP contribution in [0.15, 0.2) is 17.1 Å². The molecule has 1 rings (SSSR count). The zero-order valence-electron chi connectivity index (χ0n) is 14.6. The summed E-state index contributed by atoms with van der Waals surface area (Å²) >= 11 is 0. The average molecular weight is 323 g/mol. The lowest BCUT2D eigenvalue weighted by Crippen LogP contribution is -2.32. The van der Waals surface area contributed by atoms with E-state index in [9.17, 15) is 0 Å². The molecule has 1 aromatic carbocycles. The molecule has 0 atom stereocenters. The Hall–Kier alpha value is -2.11. The van der Waals surface area contributed by atoms with Gasteiger partial charge in [-0.1, -0.05) is 26.2 Å². The predicted octanol–water partition coefficient (Wildman–Crippen LogP) is 2.70. The Bertz CT molecular complexity index is 479. The molecule has 0 aliphatic carbocycles. The standard InChI is InChI=1S/C17H29N3O3/c1-5-6-7-8-9-19-17(18)20-12-14-15(22-3)10-13(21-2)11-16(14)23-4/h10-11H,5-9,12H2,1-4H3,(H3,18,19,20). The van der Waals surface area contributed by atoms with Crippen LogP contribution < -0.4 is 25.3 Å². The molecule has 0 aliphatic rings. The summed E-state index contributed by atoms with van der Waals surface area (Å²) in [7, 11) is 4.82. The minimum absolute atomic E-state index is 0.379. The van der Waals surface area contributed by atoms with Crippen molar-refractivity contribution in [3.05, 3.63) is 17.7 Å². The number of ether oxygens (including phenoxy) is 3. The third-order valence-corrected chi connectivity index (χ3v) is 3.56. The molecular formula is C17H29N3O3. The summed E-state index contributed by atoms with van der Waals surface area (Å²) in [5.74, 6) is 2.44. The van der Waals surface area contributed by atoms with Crippen LogP contribution in [0.5, 0.6) is 17.2 Å². The van der Waals surface area contributed by atoms with Gasteiger partial charge >= 0.3 is 0 Å². The van der Waals surface area contributed by atoms with Crippen molar-refractivity contribution in [2.75, 3.05) is 27.9 Å². The fourth-order valence-corrected chi connectivity index (χ4v) is 2.22. The van der Waals surface area contributed by atoms with E-state index in [-0.39, 0.29) is 0 Å². The van der Waals surface area contributed by atoms with Crippen molar-refractivity contribution >= 4 is 5.96 Å². The van der Waals surface area contributed by atoms with Crippen molar-refractivity contribution in [3.8, 4) is 17.2 Å². The molecule has 0 spiro atoms. The monoisotopic (exact) mass is 323 g/mol. The van der Waals surface area contributed by atoms with Gasteiger partial charge in [0, 0.05) is 18.7 Å². The van der Waals surface area contributed by atoms with E-state index in [1.807, 2.05) is 12.1 Å². The molecule has 23 heavy (non-hydrogen) atoms. The minimum Gasteiger partial charge on any atom is -0.496 e. The van der Waals surface area contributed by atoms with E-state index in [1.54, 1.807) is 21.3 Å². The van der Waals surface area contributed by atoms with Crippen LogP contribution in [0.2, 0.25) is 0 Å². The number of nitrogens with zero attached hydrogens (tertiary/aromatic N) is 1. The first-order valence-electron chi connectivity index (χ1n) is 7.98. The maximum Gasteiger partial charge on any atom is 0.188 e. The van der Waals surface area contributed by atoms with E-state index in [4.69, 9.17) is 19.9 Å². The topological polar surface area (TPSA) is 78.1 Å². The molecule has 3 N–H and O–H groups in total. The summed E-state index contributed by atoms with van der Waals surface area (Å²) in [5, 5.41) is 3.13. The van der Waals surface area contributed by atoms with Crippen LogP contribution in [0.25, 0.3) is 0 Å². The maximum atomic E-state index is 5.91. The van der Waals surface area contributed by atoms with E-state index >= 15 is 0 Å². The van der Waals surface area contributed by atoms with Crippen LogP contribution in [0, 0.1) is 0 Å². The number of methoxy groups -OCH3 is 3. The van der Waals surface area contributed by atoms with Gasteiger partial charge in [-0.15, -0.1) is 0 Å². The highest BCUT2D eigenvalue weighted by atomic mass is 16.5. The normalized spacial score (nSPS) is 11.2. The van der Waals surface area contributed by atoms with Crippen molar-refractivity contribution in [1.82, 2.24) is 5.32 Å². The van der Waals surface area contributed by atoms with E-state index in [0.29, 0.717) is 29.8 Å². The molecular weight excluding hydrogens is 294 g/mol. The number of unbranched alkanes of at least 4 members (excludes halogenated alkanes) is 3. The Morgan fingerprint density at radius 3 is 2.22 bits per heavy atom. The first kappa shape index (κ1) is 18.9. The fraction of sp³-hybridized carbons (Fsp3) is 0.588. The zero-order chi connectivity index (χ0) is 17.1. The second-order valence-corrected chi connectivity index (χ2v) is 5.20. The van der Waals surface area contributed by atoms with Gasteiger partial charge in [-0.25, -0.2) is 4.99 Å². The molecule has 0 saturated heterocycles. The van der Waals surface area contributed by atoms with E-state index < -0.39 is 0 Å². The lowest BCUT2D eigenvalue weighted by molar-refractivity contribution is 0.369. The number of aliphatic imine (C=N–C) groups is 1. The van der Waals surface area contributed by atoms with Crippen LogP contribution in [-0.4, -0.2) is 33.8 Å². The van der Waals surface area contributed by atoms with Crippen molar-refractivity contribution in [1.29, 1.82) is 0 Å². The summed E-state index contributed by atoms with van der Waals surface area (Å²) in [6.45, 7) is 3.41. The summed E-state index contributed by atoms with van der Waals surface area (Å²) in [5.41, 5.74) is 6.75. The zero-order valence-corrected chi connectivity index (χ0v) is 14.6. The SMILES string of the molecule is CCCCCCNC(N)=NCc1c(OC)cc(OC)cc1OC. The smallest absolute Gasteiger partial charge is 0.188 e. The highest BCUT2D eigenvalue weighted by Crippen LogP contribution is 2.34. The van der Waals surface area contributed by atoms with Crippen LogP contribution in [0.1, 0.15) is 38.2 Å². The van der Waals surface area contributed by atoms with Crippen molar-refractivity contribution in [2.24, 2.45) is 10.7 Å². The van der Waals surface area contributed by atoms with Crippen LogP contribution in [0.3, 0.4) is 0 Å². The Labute approximate surface area is 139 Å². The molecule has 0 heterocycles. The second kappa shape index (κ2) is 10.6. The molecule has 130 valence electrons. The van der Waals surface area contributed by atoms with Gasteiger partial charge in [0.1, 0.15) is 17.2 Å². The van der Waals surface area contributed by atoms with Crippen molar-refractivity contribution in [3.63, 3.8) is 0 Å². The minimum atomic E-state index is 0.379. The molecule has 0 amide bonds. The van der Waals surface area contributed by atoms with Gasteiger partial charge in [-0.05, 0) is 6.42 Å². The molecule has 1 aromatic rings. The van der Waals surface area contributed by atoms with Gasteiger partial charge in [-0.3, -0.25) is 0 Å². The van der Waals surface area contributed by atoms with Crippen LogP contribution in [0.4, 0.5) is 0 Å². The van der Waals surface area contributed by atoms with Gasteiger partial charge in [0.25, 0.3) is 0 Å². The fourth-order valence-electron chi connectivity index (χ4n) is 2.22. The van der Waals surface area contributed by atoms with Gasteiger partial charge in [0.15, 0.2) is 5.96 Å². The van der Waals surface area contributed by atoms with Crippen LogP contribution in [-0.2, 0) is 6.54 Å². The third kappa shape index (κ3) is 6.26. The largest absolute Gasteiger partial charge is 0.496 e. The summed E-state index contributed by atoms with van der Waals surface area (Å²) in [6.07, 6.45) is 4.77. The molecule has 0 saturated carbocycles. The average Bonchev–Trinajstić information content (AvgIpc) is 2.58. The molecule has 0 radical (unpaired) electrons. The number of hydrogen-bond donors (Lipinski definition) is 2. The number of benzene rings is 1. The van der Waals surface area contributed by atoms with Crippen molar-refractivity contribution < 1.29 is 14.2 Å². The third-order valence-electron chi connectivity index (χ3n) is 3.56. The molecule has 0 fully saturated rings. The van der Waals surface area contributed by atoms with Crippen LogP contribution >= 0.6 is 0 Å². The Morgan fingerprint density at radius 2 is 1.70 bits per heavy atom. The van der Waals surface area contributed by atoms with Gasteiger partial charge in [-0.2, -0.15) is 0 Å². The Morgan fingerprint density at radius 1 is 1.04 bits per heavy atom. The molecule has 0 aromatic heterocycles. The number of nitrogens with one attached hydrogen (secondary N) is 1.